The van der Waals surface area contributed by atoms with E-state index in [9.17, 15) is 0 Å². The van der Waals surface area contributed by atoms with E-state index in [1.165, 1.54) is 101 Å². The van der Waals surface area contributed by atoms with Crippen LogP contribution in [-0.2, 0) is 77.0 Å². The van der Waals surface area contributed by atoms with Crippen LogP contribution < -0.4 is 0 Å². The molecule has 6 N–H and O–H groups in total. The Kier molecular flexibility index (Phi) is 13.2. The summed E-state index contributed by atoms with van der Waals surface area (Å²) < 4.78 is 0. The van der Waals surface area contributed by atoms with Gasteiger partial charge in [0.05, 0.1) is 46.0 Å². The van der Waals surface area contributed by atoms with Crippen molar-refractivity contribution in [1.82, 2.24) is 44.9 Å². The number of rotatable bonds is 12. The molecule has 9 heteroatoms. The quantitative estimate of drug-likeness (QED) is 0.0728. The fourth-order valence-corrected chi connectivity index (χ4v) is 14.3. The first-order chi connectivity index (χ1) is 36.2. The largest absolute Gasteiger partial charge is 0.357 e. The zero-order valence-corrected chi connectivity index (χ0v) is 46.2. The first-order valence-electron chi connectivity index (χ1n) is 28.5. The SMILES string of the molecule is CCc1c2[nH]c(c1CC)C1c3[nH]c(c(CC)c3CC)-c3cncc(c3)-c3[nH]c(c(CC)c3CC)C(c3[nH]c(c(CC)c3CC)-c3cncc-2c3)c2[nH]c(c(CC)c2CC)-c2cncc(c2)-c2[nH]c1c(CC)c2CC. The minimum Gasteiger partial charge on any atom is -0.357 e. The Morgan fingerprint density at radius 1 is 0.243 bits per heavy atom. The van der Waals surface area contributed by atoms with Crippen LogP contribution in [0.3, 0.4) is 0 Å². The van der Waals surface area contributed by atoms with Gasteiger partial charge in [0.15, 0.2) is 0 Å². The fourth-order valence-electron chi connectivity index (χ4n) is 14.3. The van der Waals surface area contributed by atoms with Crippen molar-refractivity contribution in [2.24, 2.45) is 0 Å². The van der Waals surface area contributed by atoms with Gasteiger partial charge in [-0.15, -0.1) is 0 Å². The summed E-state index contributed by atoms with van der Waals surface area (Å²) in [6, 6.07) is 7.23. The van der Waals surface area contributed by atoms with E-state index in [0.717, 1.165) is 145 Å². The van der Waals surface area contributed by atoms with Crippen molar-refractivity contribution in [3.05, 3.63) is 156 Å². The van der Waals surface area contributed by atoms with Crippen molar-refractivity contribution in [2.45, 2.75) is 172 Å². The standard InChI is InChI=1S/C65H77N9/c1-13-40-46(19-7)60-52-61-47(20-8)41(14-2)56(70-61)36-26-38(32-67-30-36)58-44(17-5)50(23-11)64(73-58)53(63-49(22-10)43(16-4)55(72-63)35-25-34(28-66-29-35)54(40)69-60)65-51(24-12)45(18-6)59(74-65)39-27-37(31-68-33-39)57-42(15-3)48(21-9)62(52)71-57/h25-33,52-53,69-74H,13-24H2,1-12H3. The van der Waals surface area contributed by atoms with Crippen LogP contribution in [0, 0.1) is 0 Å². The average Bonchev–Trinajstić information content (AvgIpc) is 4.30. The Hall–Kier alpha value is -6.87. The maximum absolute atomic E-state index is 5.14. The average molecular weight is 984 g/mol. The molecule has 0 saturated heterocycles. The summed E-state index contributed by atoms with van der Waals surface area (Å²) in [5, 5.41) is 0. The second-order valence-corrected chi connectivity index (χ2v) is 20.7. The van der Waals surface area contributed by atoms with Crippen LogP contribution in [0.4, 0.5) is 0 Å². The summed E-state index contributed by atoms with van der Waals surface area (Å²) in [6.07, 6.45) is 23.2. The highest BCUT2D eigenvalue weighted by Crippen LogP contribution is 2.49. The van der Waals surface area contributed by atoms with Gasteiger partial charge in [-0.3, -0.25) is 15.0 Å². The van der Waals surface area contributed by atoms with Gasteiger partial charge < -0.3 is 29.9 Å². The van der Waals surface area contributed by atoms with Crippen LogP contribution in [0.5, 0.6) is 0 Å². The van der Waals surface area contributed by atoms with E-state index in [2.05, 4.69) is 168 Å². The number of aromatic amines is 6. The van der Waals surface area contributed by atoms with Crippen molar-refractivity contribution in [1.29, 1.82) is 0 Å². The summed E-state index contributed by atoms with van der Waals surface area (Å²) in [6.45, 7) is 28.0. The number of H-pyrrole nitrogens is 6. The van der Waals surface area contributed by atoms with Gasteiger partial charge in [0.2, 0.25) is 0 Å². The summed E-state index contributed by atoms with van der Waals surface area (Å²) in [5.74, 6) is -0.328. The number of hydrogen-bond donors (Lipinski definition) is 6. The van der Waals surface area contributed by atoms with E-state index in [1.54, 1.807) is 0 Å². The Labute approximate surface area is 438 Å². The maximum atomic E-state index is 5.14. The Bertz CT molecular complexity index is 2980. The number of nitrogens with zero attached hydrogens (tertiary/aromatic N) is 3. The van der Waals surface area contributed by atoms with Crippen LogP contribution in [0.25, 0.3) is 67.5 Å². The van der Waals surface area contributed by atoms with Crippen LogP contribution in [-0.4, -0.2) is 44.9 Å². The third kappa shape index (κ3) is 7.33. The van der Waals surface area contributed by atoms with Gasteiger partial charge in [-0.25, -0.2) is 0 Å². The Morgan fingerprint density at radius 3 is 0.527 bits per heavy atom. The maximum Gasteiger partial charge on any atom is 0.0800 e. The number of aromatic nitrogens is 9. The lowest BCUT2D eigenvalue weighted by atomic mass is 9.85. The number of nitrogens with one attached hydrogen (secondary N) is 6. The van der Waals surface area contributed by atoms with Gasteiger partial charge in [-0.05, 0) is 162 Å². The van der Waals surface area contributed by atoms with E-state index in [4.69, 9.17) is 15.0 Å². The predicted octanol–water partition coefficient (Wildman–Crippen LogP) is 15.6. The molecule has 20 bridgehead atoms. The fraction of sp³-hybridized carbons (Fsp3) is 0.400. The van der Waals surface area contributed by atoms with Crippen LogP contribution in [0.2, 0.25) is 0 Å². The molecule has 0 unspecified atom stereocenters. The number of hydrogen-bond acceptors (Lipinski definition) is 3. The van der Waals surface area contributed by atoms with Gasteiger partial charge in [0.25, 0.3) is 0 Å². The van der Waals surface area contributed by atoms with Crippen molar-refractivity contribution in [2.75, 3.05) is 0 Å². The molecule has 9 aromatic rings. The predicted molar refractivity (Wildman–Crippen MR) is 306 cm³/mol. The molecule has 0 aromatic carbocycles. The molecule has 0 radical (unpaired) electrons. The summed E-state index contributed by atoms with van der Waals surface area (Å²) >= 11 is 0. The van der Waals surface area contributed by atoms with E-state index in [1.807, 2.05) is 0 Å². The smallest absolute Gasteiger partial charge is 0.0800 e. The van der Waals surface area contributed by atoms with Gasteiger partial charge in [0, 0.05) is 105 Å². The minimum absolute atomic E-state index is 0.164. The van der Waals surface area contributed by atoms with Gasteiger partial charge in [-0.1, -0.05) is 83.1 Å². The van der Waals surface area contributed by atoms with Crippen molar-refractivity contribution < 1.29 is 0 Å². The molecule has 3 aliphatic heterocycles. The van der Waals surface area contributed by atoms with E-state index in [0.29, 0.717) is 0 Å². The van der Waals surface area contributed by atoms with E-state index >= 15 is 0 Å². The normalized spacial score (nSPS) is 14.6. The van der Waals surface area contributed by atoms with Crippen molar-refractivity contribution >= 4 is 0 Å². The molecule has 9 aromatic heterocycles. The lowest BCUT2D eigenvalue weighted by Crippen LogP contribution is -2.12. The lowest BCUT2D eigenvalue weighted by molar-refractivity contribution is 0.815. The minimum atomic E-state index is -0.164. The second kappa shape index (κ2) is 19.8. The molecule has 74 heavy (non-hydrogen) atoms. The van der Waals surface area contributed by atoms with Crippen LogP contribution in [0.1, 0.15) is 196 Å². The molecule has 0 amide bonds. The van der Waals surface area contributed by atoms with Crippen molar-refractivity contribution in [3.8, 4) is 67.5 Å². The molecule has 0 saturated carbocycles. The molecule has 12 rings (SSSR count). The molecule has 0 spiro atoms. The van der Waals surface area contributed by atoms with E-state index in [-0.39, 0.29) is 11.8 Å². The highest BCUT2D eigenvalue weighted by atomic mass is 14.9. The molecule has 0 atom stereocenters. The van der Waals surface area contributed by atoms with Crippen LogP contribution >= 0.6 is 0 Å². The van der Waals surface area contributed by atoms with Crippen LogP contribution in [0.15, 0.2) is 55.4 Å². The molecular weight excluding hydrogens is 907 g/mol. The highest BCUT2D eigenvalue weighted by Gasteiger charge is 2.37. The molecule has 0 fully saturated rings. The topological polar surface area (TPSA) is 133 Å². The Balaban J connectivity index is 1.41. The monoisotopic (exact) mass is 984 g/mol. The summed E-state index contributed by atoms with van der Waals surface area (Å²) in [5.41, 5.74) is 37.5. The highest BCUT2D eigenvalue weighted by molar-refractivity contribution is 5.80. The van der Waals surface area contributed by atoms with Gasteiger partial charge >= 0.3 is 0 Å². The van der Waals surface area contributed by atoms with E-state index < -0.39 is 0 Å². The molecule has 0 aliphatic carbocycles. The first kappa shape index (κ1) is 49.3. The molecule has 12 heterocycles. The zero-order valence-electron chi connectivity index (χ0n) is 46.2. The zero-order chi connectivity index (χ0) is 51.7. The second-order valence-electron chi connectivity index (χ2n) is 20.7. The first-order valence-corrected chi connectivity index (χ1v) is 28.5. The molecule has 382 valence electrons. The lowest BCUT2D eigenvalue weighted by Gasteiger charge is -2.21. The van der Waals surface area contributed by atoms with Gasteiger partial charge in [0.1, 0.15) is 0 Å². The number of pyridine rings is 3. The Morgan fingerprint density at radius 2 is 0.392 bits per heavy atom. The third-order valence-corrected chi connectivity index (χ3v) is 17.4. The molecule has 3 aliphatic rings. The summed E-state index contributed by atoms with van der Waals surface area (Å²) in [4.78, 5) is 41.1. The molecular formula is C65H77N9. The summed E-state index contributed by atoms with van der Waals surface area (Å²) in [7, 11) is 0. The van der Waals surface area contributed by atoms with Crippen molar-refractivity contribution in [3.63, 3.8) is 0 Å². The van der Waals surface area contributed by atoms with Gasteiger partial charge in [-0.2, -0.15) is 0 Å². The molecule has 9 nitrogen and oxygen atoms in total. The third-order valence-electron chi connectivity index (χ3n) is 17.4.